The molecule has 0 spiro atoms. The summed E-state index contributed by atoms with van der Waals surface area (Å²) in [4.78, 5) is 47.1. The van der Waals surface area contributed by atoms with Crippen molar-refractivity contribution in [3.05, 3.63) is 29.9 Å². The number of fused-ring (bicyclic) bond motifs is 1. The van der Waals surface area contributed by atoms with Crippen molar-refractivity contribution in [2.45, 2.75) is 64.4 Å². The maximum atomic E-state index is 14.5. The van der Waals surface area contributed by atoms with Crippen molar-refractivity contribution in [1.29, 1.82) is 0 Å². The number of ether oxygens (including phenoxy) is 2. The zero-order valence-corrected chi connectivity index (χ0v) is 20.9. The maximum absolute atomic E-state index is 14.5. The third-order valence-electron chi connectivity index (χ3n) is 7.94. The molecule has 10 heteroatoms. The van der Waals surface area contributed by atoms with Crippen molar-refractivity contribution in [2.24, 2.45) is 17.1 Å². The highest BCUT2D eigenvalue weighted by molar-refractivity contribution is 6.06. The number of oxazole rings is 1. The first-order chi connectivity index (χ1) is 17.3. The SMILES string of the molecule is CCC(C(=O)N1CCOCC1)(C1CCCCC1)[C@](CC)(OC(N)=O)C(=O)c1nc2cc(F)ccc2o1. The van der Waals surface area contributed by atoms with Gasteiger partial charge < -0.3 is 24.5 Å². The topological polar surface area (TPSA) is 125 Å². The molecule has 1 aliphatic carbocycles. The Morgan fingerprint density at radius 3 is 2.44 bits per heavy atom. The van der Waals surface area contributed by atoms with Gasteiger partial charge in [-0.1, -0.05) is 33.1 Å². The molecule has 2 aromatic rings. The zero-order valence-electron chi connectivity index (χ0n) is 20.9. The van der Waals surface area contributed by atoms with Gasteiger partial charge in [0, 0.05) is 19.2 Å². The van der Waals surface area contributed by atoms with E-state index in [9.17, 15) is 18.8 Å². The molecule has 1 saturated carbocycles. The molecule has 4 rings (SSSR count). The fraction of sp³-hybridized carbons (Fsp3) is 0.615. The number of primary amides is 1. The Kier molecular flexibility index (Phi) is 7.63. The van der Waals surface area contributed by atoms with Gasteiger partial charge >= 0.3 is 6.09 Å². The number of aromatic nitrogens is 1. The van der Waals surface area contributed by atoms with Crippen LogP contribution in [0.5, 0.6) is 0 Å². The normalized spacial score (nSPS) is 20.5. The summed E-state index contributed by atoms with van der Waals surface area (Å²) in [5.41, 5.74) is 2.59. The van der Waals surface area contributed by atoms with E-state index in [2.05, 4.69) is 4.98 Å². The minimum absolute atomic E-state index is 0.0116. The molecular formula is C26H34FN3O6. The van der Waals surface area contributed by atoms with Crippen LogP contribution in [0.1, 0.15) is 69.5 Å². The molecule has 2 aliphatic rings. The molecule has 2 heterocycles. The number of carbonyl (C=O) groups is 3. The largest absolute Gasteiger partial charge is 0.434 e. The minimum atomic E-state index is -1.95. The first kappa shape index (κ1) is 26.1. The molecule has 9 nitrogen and oxygen atoms in total. The van der Waals surface area contributed by atoms with Crippen LogP contribution in [0, 0.1) is 17.2 Å². The fourth-order valence-electron chi connectivity index (χ4n) is 6.28. The molecule has 2 atom stereocenters. The first-order valence-electron chi connectivity index (χ1n) is 12.8. The third kappa shape index (κ3) is 4.36. The van der Waals surface area contributed by atoms with Crippen LogP contribution in [-0.2, 0) is 14.3 Å². The molecule has 2 N–H and O–H groups in total. The van der Waals surface area contributed by atoms with Crippen molar-refractivity contribution in [3.63, 3.8) is 0 Å². The summed E-state index contributed by atoms with van der Waals surface area (Å²) in [5.74, 6) is -2.09. The molecule has 1 aromatic heterocycles. The van der Waals surface area contributed by atoms with Gasteiger partial charge in [0.15, 0.2) is 11.2 Å². The standard InChI is InChI=1S/C26H34FN3O6/c1-3-25(17-8-6-5-7-9-17,23(32)30-12-14-34-15-13-30)26(4-2,36-24(28)33)21(31)22-29-19-16-18(27)10-11-20(19)35-22/h10-11,16-17H,3-9,12-15H2,1-2H3,(H2,28,33)/t25?,26-/m1/s1. The van der Waals surface area contributed by atoms with Crippen molar-refractivity contribution in [1.82, 2.24) is 9.88 Å². The van der Waals surface area contributed by atoms with Crippen molar-refractivity contribution < 1.29 is 32.7 Å². The average Bonchev–Trinajstić information content (AvgIpc) is 3.32. The van der Waals surface area contributed by atoms with Gasteiger partial charge in [-0.15, -0.1) is 0 Å². The molecular weight excluding hydrogens is 469 g/mol. The van der Waals surface area contributed by atoms with Crippen LogP contribution in [-0.4, -0.2) is 59.6 Å². The summed E-state index contributed by atoms with van der Waals surface area (Å²) in [6.07, 6.45) is 3.32. The summed E-state index contributed by atoms with van der Waals surface area (Å²) >= 11 is 0. The second-order valence-electron chi connectivity index (χ2n) is 9.63. The van der Waals surface area contributed by atoms with Gasteiger partial charge in [0.25, 0.3) is 11.7 Å². The van der Waals surface area contributed by atoms with Crippen LogP contribution in [0.25, 0.3) is 11.1 Å². The second-order valence-corrected chi connectivity index (χ2v) is 9.63. The Morgan fingerprint density at radius 1 is 1.14 bits per heavy atom. The number of hydrogen-bond acceptors (Lipinski definition) is 7. The van der Waals surface area contributed by atoms with E-state index < -0.39 is 28.7 Å². The van der Waals surface area contributed by atoms with Gasteiger partial charge in [-0.2, -0.15) is 0 Å². The number of halogens is 1. The predicted octanol–water partition coefficient (Wildman–Crippen LogP) is 4.23. The monoisotopic (exact) mass is 503 g/mol. The van der Waals surface area contributed by atoms with Crippen LogP contribution < -0.4 is 5.73 Å². The van der Waals surface area contributed by atoms with Gasteiger partial charge in [-0.3, -0.25) is 9.59 Å². The number of nitrogens with two attached hydrogens (primary N) is 1. The molecule has 0 bridgehead atoms. The minimum Gasteiger partial charge on any atom is -0.434 e. The Morgan fingerprint density at radius 2 is 1.83 bits per heavy atom. The van der Waals surface area contributed by atoms with Gasteiger partial charge in [0.2, 0.25) is 5.91 Å². The van der Waals surface area contributed by atoms with Crippen LogP contribution in [0.4, 0.5) is 9.18 Å². The lowest BCUT2D eigenvalue weighted by molar-refractivity contribution is -0.172. The van der Waals surface area contributed by atoms with Crippen LogP contribution in [0.15, 0.2) is 22.6 Å². The van der Waals surface area contributed by atoms with Crippen molar-refractivity contribution in [2.75, 3.05) is 26.3 Å². The number of benzene rings is 1. The molecule has 196 valence electrons. The highest BCUT2D eigenvalue weighted by Gasteiger charge is 2.66. The number of ketones is 1. The van der Waals surface area contributed by atoms with Crippen LogP contribution >= 0.6 is 0 Å². The number of nitrogens with zero attached hydrogens (tertiary/aromatic N) is 2. The summed E-state index contributed by atoms with van der Waals surface area (Å²) in [5, 5.41) is 0. The average molecular weight is 504 g/mol. The molecule has 1 aliphatic heterocycles. The fourth-order valence-corrected chi connectivity index (χ4v) is 6.28. The summed E-state index contributed by atoms with van der Waals surface area (Å²) in [7, 11) is 0. The van der Waals surface area contributed by atoms with Crippen molar-refractivity contribution in [3.8, 4) is 0 Å². The lowest BCUT2D eigenvalue weighted by Crippen LogP contribution is -2.67. The van der Waals surface area contributed by atoms with E-state index >= 15 is 0 Å². The zero-order chi connectivity index (χ0) is 25.9. The predicted molar refractivity (Wildman–Crippen MR) is 129 cm³/mol. The number of rotatable bonds is 8. The number of hydrogen-bond donors (Lipinski definition) is 1. The number of amides is 2. The molecule has 36 heavy (non-hydrogen) atoms. The highest BCUT2D eigenvalue weighted by atomic mass is 19.1. The van der Waals surface area contributed by atoms with Crippen LogP contribution in [0.3, 0.4) is 0 Å². The Bertz CT molecular complexity index is 1120. The quantitative estimate of drug-likeness (QED) is 0.535. The lowest BCUT2D eigenvalue weighted by atomic mass is 9.55. The Hall–Kier alpha value is -3.01. The van der Waals surface area contributed by atoms with E-state index in [1.54, 1.807) is 11.8 Å². The molecule has 1 aromatic carbocycles. The van der Waals surface area contributed by atoms with E-state index in [1.807, 2.05) is 6.92 Å². The highest BCUT2D eigenvalue weighted by Crippen LogP contribution is 2.54. The molecule has 1 saturated heterocycles. The Balaban J connectivity index is 1.92. The second kappa shape index (κ2) is 10.5. The lowest BCUT2D eigenvalue weighted by Gasteiger charge is -2.53. The smallest absolute Gasteiger partial charge is 0.405 e. The summed E-state index contributed by atoms with van der Waals surface area (Å²) in [6, 6.07) is 3.74. The van der Waals surface area contributed by atoms with E-state index in [1.165, 1.54) is 12.1 Å². The molecule has 2 fully saturated rings. The van der Waals surface area contributed by atoms with Gasteiger partial charge in [0.1, 0.15) is 11.3 Å². The first-order valence-corrected chi connectivity index (χ1v) is 12.8. The summed E-state index contributed by atoms with van der Waals surface area (Å²) < 4.78 is 30.8. The number of carbonyl (C=O) groups excluding carboxylic acids is 3. The van der Waals surface area contributed by atoms with Crippen LogP contribution in [0.2, 0.25) is 0 Å². The van der Waals surface area contributed by atoms with Gasteiger partial charge in [-0.05, 0) is 43.7 Å². The third-order valence-corrected chi connectivity index (χ3v) is 7.94. The molecule has 0 radical (unpaired) electrons. The van der Waals surface area contributed by atoms with E-state index in [0.717, 1.165) is 25.3 Å². The Labute approximate surface area is 209 Å². The van der Waals surface area contributed by atoms with Gasteiger partial charge in [-0.25, -0.2) is 14.2 Å². The van der Waals surface area contributed by atoms with Crippen molar-refractivity contribution >= 4 is 28.9 Å². The maximum Gasteiger partial charge on any atom is 0.405 e. The number of Topliss-reactive ketones (excluding diaryl/α,β-unsaturated/α-hetero) is 1. The molecule has 1 unspecified atom stereocenters. The number of morpholine rings is 1. The van der Waals surface area contributed by atoms with E-state index in [4.69, 9.17) is 19.6 Å². The van der Waals surface area contributed by atoms with E-state index in [0.29, 0.717) is 39.1 Å². The molecule has 2 amide bonds. The summed E-state index contributed by atoms with van der Waals surface area (Å²) in [6.45, 7) is 5.06. The van der Waals surface area contributed by atoms with E-state index in [-0.39, 0.29) is 41.7 Å². The van der Waals surface area contributed by atoms with Gasteiger partial charge in [0.05, 0.1) is 18.6 Å².